The molecule has 1 fully saturated rings. The number of nitrogens with zero attached hydrogens (tertiary/aromatic N) is 2. The highest BCUT2D eigenvalue weighted by atomic mass is 35.5. The van der Waals surface area contributed by atoms with Gasteiger partial charge in [0.25, 0.3) is 0 Å². The number of hydrogen-bond acceptors (Lipinski definition) is 5. The Hall–Kier alpha value is -2.99. The molecule has 0 amide bonds. The number of benzene rings is 3. The molecule has 1 aliphatic rings. The highest BCUT2D eigenvalue weighted by Crippen LogP contribution is 2.27. The van der Waals surface area contributed by atoms with Gasteiger partial charge in [-0.25, -0.2) is 4.79 Å². The summed E-state index contributed by atoms with van der Waals surface area (Å²) in [7, 11) is 0. The first-order chi connectivity index (χ1) is 15.8. The summed E-state index contributed by atoms with van der Waals surface area (Å²) in [6.07, 6.45) is 0.646. The van der Waals surface area contributed by atoms with E-state index in [9.17, 15) is 4.79 Å². The molecule has 0 radical (unpaired) electrons. The van der Waals surface area contributed by atoms with Gasteiger partial charge in [0.1, 0.15) is 0 Å². The Kier molecular flexibility index (Phi) is 8.99. The van der Waals surface area contributed by atoms with E-state index >= 15 is 0 Å². The van der Waals surface area contributed by atoms with Crippen molar-refractivity contribution in [3.8, 4) is 22.5 Å². The van der Waals surface area contributed by atoms with Gasteiger partial charge in [-0.15, -0.1) is 24.8 Å². The first kappa shape index (κ1) is 25.6. The van der Waals surface area contributed by atoms with Crippen LogP contribution in [0.3, 0.4) is 0 Å². The second-order valence-corrected chi connectivity index (χ2v) is 8.06. The summed E-state index contributed by atoms with van der Waals surface area (Å²) >= 11 is 0. The van der Waals surface area contributed by atoms with Crippen LogP contribution in [0.5, 0.6) is 0 Å². The molecule has 3 aromatic carbocycles. The van der Waals surface area contributed by atoms with Crippen LogP contribution in [0.25, 0.3) is 22.5 Å². The summed E-state index contributed by atoms with van der Waals surface area (Å²) in [6, 6.07) is 28.8. The number of piperazine rings is 1. The zero-order chi connectivity index (χ0) is 21.8. The van der Waals surface area contributed by atoms with Gasteiger partial charge in [-0.1, -0.05) is 72.8 Å². The van der Waals surface area contributed by atoms with Gasteiger partial charge in [-0.3, -0.25) is 4.90 Å². The molecule has 1 saturated heterocycles. The van der Waals surface area contributed by atoms with Crippen LogP contribution in [0.2, 0.25) is 0 Å². The quantitative estimate of drug-likeness (QED) is 0.337. The Balaban J connectivity index is 0.00000162. The summed E-state index contributed by atoms with van der Waals surface area (Å²) in [6.45, 7) is 4.79. The Morgan fingerprint density at radius 1 is 0.647 bits per heavy atom. The maximum Gasteiger partial charge on any atom is 0.519 e. The van der Waals surface area contributed by atoms with Crippen molar-refractivity contribution in [3.05, 3.63) is 101 Å². The Morgan fingerprint density at radius 3 is 1.85 bits per heavy atom. The SMILES string of the molecule is Cl.Cl.O=c1oc(CCN2CCN(c3ccccc3)CC2)c(-c2ccc(-c3ccccc3)cc2)o1. The van der Waals surface area contributed by atoms with Crippen LogP contribution >= 0.6 is 24.8 Å². The molecule has 0 aliphatic carbocycles. The molecular weight excluding hydrogens is 471 g/mol. The molecule has 1 aliphatic heterocycles. The van der Waals surface area contributed by atoms with E-state index in [-0.39, 0.29) is 24.8 Å². The average Bonchev–Trinajstić information content (AvgIpc) is 3.24. The molecule has 0 bridgehead atoms. The summed E-state index contributed by atoms with van der Waals surface area (Å²) in [5, 5.41) is 0. The van der Waals surface area contributed by atoms with Crippen molar-refractivity contribution in [1.82, 2.24) is 4.90 Å². The van der Waals surface area contributed by atoms with Crippen LogP contribution in [0.15, 0.2) is 98.6 Å². The van der Waals surface area contributed by atoms with Gasteiger partial charge in [-0.05, 0) is 23.3 Å². The fraction of sp³-hybridized carbons (Fsp3) is 0.222. The van der Waals surface area contributed by atoms with Crippen LogP contribution in [0.1, 0.15) is 5.76 Å². The van der Waals surface area contributed by atoms with Crippen LogP contribution in [0.4, 0.5) is 5.69 Å². The molecule has 5 rings (SSSR count). The normalized spacial score (nSPS) is 13.7. The van der Waals surface area contributed by atoms with Gasteiger partial charge in [0.05, 0.1) is 0 Å². The van der Waals surface area contributed by atoms with Crippen molar-refractivity contribution in [2.45, 2.75) is 6.42 Å². The molecule has 178 valence electrons. The van der Waals surface area contributed by atoms with Crippen LogP contribution in [0, 0.1) is 0 Å². The van der Waals surface area contributed by atoms with Crippen molar-refractivity contribution < 1.29 is 8.83 Å². The zero-order valence-corrected chi connectivity index (χ0v) is 20.4. The van der Waals surface area contributed by atoms with Gasteiger partial charge >= 0.3 is 5.82 Å². The van der Waals surface area contributed by atoms with Gasteiger partial charge in [0.15, 0.2) is 11.5 Å². The molecule has 4 aromatic rings. The number of anilines is 1. The molecule has 1 aromatic heterocycles. The summed E-state index contributed by atoms with van der Waals surface area (Å²) < 4.78 is 10.8. The maximum atomic E-state index is 11.9. The Morgan fingerprint density at radius 2 is 1.21 bits per heavy atom. The number of rotatable bonds is 6. The fourth-order valence-electron chi connectivity index (χ4n) is 4.27. The van der Waals surface area contributed by atoms with Crippen molar-refractivity contribution in [1.29, 1.82) is 0 Å². The van der Waals surface area contributed by atoms with E-state index in [1.807, 2.05) is 48.5 Å². The third-order valence-corrected chi connectivity index (χ3v) is 6.05. The predicted octanol–water partition coefficient (Wildman–Crippen LogP) is 5.78. The van der Waals surface area contributed by atoms with Crippen LogP contribution in [-0.4, -0.2) is 37.6 Å². The predicted molar refractivity (Wildman–Crippen MR) is 141 cm³/mol. The molecule has 0 N–H and O–H groups in total. The minimum absolute atomic E-state index is 0. The molecule has 0 saturated carbocycles. The lowest BCUT2D eigenvalue weighted by molar-refractivity contribution is 0.254. The van der Waals surface area contributed by atoms with Crippen molar-refractivity contribution in [3.63, 3.8) is 0 Å². The summed E-state index contributed by atoms with van der Waals surface area (Å²) in [5.74, 6) is 0.515. The molecule has 0 atom stereocenters. The van der Waals surface area contributed by atoms with Gasteiger partial charge in [0, 0.05) is 50.4 Å². The highest BCUT2D eigenvalue weighted by molar-refractivity contribution is 5.85. The van der Waals surface area contributed by atoms with E-state index in [1.165, 1.54) is 5.69 Å². The molecule has 2 heterocycles. The molecule has 0 unspecified atom stereocenters. The minimum atomic E-state index is -0.643. The smallest absolute Gasteiger partial charge is 0.395 e. The van der Waals surface area contributed by atoms with Crippen molar-refractivity contribution in [2.24, 2.45) is 0 Å². The van der Waals surface area contributed by atoms with E-state index in [0.717, 1.165) is 49.4 Å². The standard InChI is InChI=1S/C27H26N2O3.2ClH/c30-27-31-25(15-16-28-17-19-29(20-18-28)24-9-5-2-6-10-24)26(32-27)23-13-11-22(12-14-23)21-7-3-1-4-8-21;;/h1-14H,15-20H2;2*1H. The number of hydrogen-bond donors (Lipinski definition) is 0. The van der Waals surface area contributed by atoms with Crippen LogP contribution < -0.4 is 10.7 Å². The van der Waals surface area contributed by atoms with E-state index in [0.29, 0.717) is 17.9 Å². The number of para-hydroxylation sites is 1. The third-order valence-electron chi connectivity index (χ3n) is 6.05. The van der Waals surface area contributed by atoms with Crippen molar-refractivity contribution >= 4 is 30.5 Å². The topological polar surface area (TPSA) is 49.8 Å². The average molecular weight is 499 g/mol. The Labute approximate surface area is 211 Å². The lowest BCUT2D eigenvalue weighted by Gasteiger charge is -2.36. The van der Waals surface area contributed by atoms with Crippen LogP contribution in [-0.2, 0) is 6.42 Å². The lowest BCUT2D eigenvalue weighted by atomic mass is 10.0. The molecule has 7 heteroatoms. The molecule has 34 heavy (non-hydrogen) atoms. The van der Waals surface area contributed by atoms with Gasteiger partial charge in [0.2, 0.25) is 0 Å². The summed E-state index contributed by atoms with van der Waals surface area (Å²) in [4.78, 5) is 16.7. The molecular formula is C27H28Cl2N2O3. The van der Waals surface area contributed by atoms with Gasteiger partial charge < -0.3 is 13.7 Å². The molecule has 0 spiro atoms. The zero-order valence-electron chi connectivity index (χ0n) is 18.8. The largest absolute Gasteiger partial charge is 0.519 e. The number of halogens is 2. The van der Waals surface area contributed by atoms with E-state index in [1.54, 1.807) is 0 Å². The van der Waals surface area contributed by atoms with Gasteiger partial charge in [-0.2, -0.15) is 0 Å². The first-order valence-corrected chi connectivity index (χ1v) is 11.1. The monoisotopic (exact) mass is 498 g/mol. The minimum Gasteiger partial charge on any atom is -0.395 e. The third kappa shape index (κ3) is 5.92. The maximum absolute atomic E-state index is 11.9. The first-order valence-electron chi connectivity index (χ1n) is 11.1. The van der Waals surface area contributed by atoms with E-state index in [2.05, 4.69) is 46.2 Å². The molecule has 5 nitrogen and oxygen atoms in total. The fourth-order valence-corrected chi connectivity index (χ4v) is 4.27. The van der Waals surface area contributed by atoms with E-state index in [4.69, 9.17) is 8.83 Å². The van der Waals surface area contributed by atoms with E-state index < -0.39 is 5.82 Å². The second kappa shape index (κ2) is 11.9. The second-order valence-electron chi connectivity index (χ2n) is 8.06. The highest BCUT2D eigenvalue weighted by Gasteiger charge is 2.20. The Bertz CT molecular complexity index is 1200. The van der Waals surface area contributed by atoms with Crippen molar-refractivity contribution in [2.75, 3.05) is 37.6 Å². The lowest BCUT2D eigenvalue weighted by Crippen LogP contribution is -2.47. The summed E-state index contributed by atoms with van der Waals surface area (Å²) in [5.41, 5.74) is 4.41.